The molecule has 1 rings (SSSR count). The van der Waals surface area contributed by atoms with E-state index < -0.39 is 24.0 Å². The van der Waals surface area contributed by atoms with Crippen LogP contribution in [0.3, 0.4) is 0 Å². The van der Waals surface area contributed by atoms with Crippen molar-refractivity contribution in [2.24, 2.45) is 6.98 Å². The Labute approximate surface area is 87.2 Å². The number of nitrogens with zero attached hydrogens (tertiary/aromatic N) is 2. The van der Waals surface area contributed by atoms with E-state index in [0.717, 1.165) is 10.8 Å². The Morgan fingerprint density at radius 2 is 1.93 bits per heavy atom. The molecule has 14 heavy (non-hydrogen) atoms. The molecule has 0 aromatic carbocycles. The highest BCUT2D eigenvalue weighted by atomic mass is 19.3. The summed E-state index contributed by atoms with van der Waals surface area (Å²) in [6, 6.07) is 0. The molecule has 0 radical (unpaired) electrons. The molecule has 0 bridgehead atoms. The van der Waals surface area contributed by atoms with Crippen molar-refractivity contribution in [1.29, 1.82) is 0 Å². The number of hydrogen-bond acceptors (Lipinski definition) is 1. The molecule has 0 spiro atoms. The number of hydrogen-bond donors (Lipinski definition) is 0. The minimum absolute atomic E-state index is 0.133. The van der Waals surface area contributed by atoms with E-state index in [0.29, 0.717) is 6.92 Å². The Hall–Kier alpha value is -0.930. The monoisotopic (exact) mass is 205 g/mol. The molecule has 0 unspecified atom stereocenters. The van der Waals surface area contributed by atoms with Crippen LogP contribution >= 0.6 is 0 Å². The maximum Gasteiger partial charge on any atom is 0.288 e. The average Bonchev–Trinajstić information content (AvgIpc) is 2.42. The predicted molar refractivity (Wildman–Crippen MR) is 51.5 cm³/mol. The van der Waals surface area contributed by atoms with Crippen molar-refractivity contribution in [1.82, 2.24) is 9.55 Å². The van der Waals surface area contributed by atoms with Gasteiger partial charge >= 0.3 is 0 Å². The fraction of sp³-hybridized carbons (Fsp3) is 0.700. The van der Waals surface area contributed by atoms with Gasteiger partial charge in [-0.25, -0.2) is 4.98 Å². The van der Waals surface area contributed by atoms with Gasteiger partial charge in [0.15, 0.2) is 0 Å². The zero-order chi connectivity index (χ0) is 13.6. The first-order valence-corrected chi connectivity index (χ1v) is 4.32. The van der Waals surface area contributed by atoms with E-state index >= 15 is 0 Å². The lowest BCUT2D eigenvalue weighted by Crippen LogP contribution is -2.17. The minimum atomic E-state index is -3.14. The third-order valence-electron chi connectivity index (χ3n) is 1.83. The van der Waals surface area contributed by atoms with Gasteiger partial charge in [0, 0.05) is 29.6 Å². The Morgan fingerprint density at radius 3 is 2.21 bits per heavy atom. The number of rotatable bonds is 1. The number of aromatic nitrogens is 2. The summed E-state index contributed by atoms with van der Waals surface area (Å²) in [6.07, 6.45) is 0.910. The Kier molecular flexibility index (Phi) is 1.60. The van der Waals surface area contributed by atoms with Crippen LogP contribution in [0.25, 0.3) is 0 Å². The van der Waals surface area contributed by atoms with Crippen LogP contribution in [-0.2, 0) is 18.3 Å². The van der Waals surface area contributed by atoms with Gasteiger partial charge < -0.3 is 4.57 Å². The molecular formula is C10H16F2N2. The van der Waals surface area contributed by atoms with E-state index in [9.17, 15) is 8.78 Å². The van der Waals surface area contributed by atoms with Gasteiger partial charge in [-0.3, -0.25) is 0 Å². The van der Waals surface area contributed by atoms with Crippen molar-refractivity contribution in [2.45, 2.75) is 39.0 Å². The summed E-state index contributed by atoms with van der Waals surface area (Å²) in [4.78, 5) is 3.77. The standard InChI is InChI=1S/C10H16F2N2/c1-9(2,3)8-13-7(6-14(8)5)10(4,11)12/h6H,1-5H3/i5D3. The van der Waals surface area contributed by atoms with Crippen LogP contribution in [0.15, 0.2) is 6.20 Å². The van der Waals surface area contributed by atoms with Crippen molar-refractivity contribution in [3.63, 3.8) is 0 Å². The summed E-state index contributed by atoms with van der Waals surface area (Å²) in [6.45, 7) is 3.39. The number of aryl methyl sites for hydroxylation is 1. The molecule has 0 N–H and O–H groups in total. The van der Waals surface area contributed by atoms with Gasteiger partial charge in [-0.1, -0.05) is 20.8 Å². The summed E-state index contributed by atoms with van der Waals surface area (Å²) < 4.78 is 49.1. The van der Waals surface area contributed by atoms with E-state index in [2.05, 4.69) is 4.98 Å². The van der Waals surface area contributed by atoms with Gasteiger partial charge in [0.25, 0.3) is 5.92 Å². The van der Waals surface area contributed by atoms with Crippen LogP contribution in [0.1, 0.15) is 43.3 Å². The van der Waals surface area contributed by atoms with Crippen LogP contribution in [0.2, 0.25) is 0 Å². The molecule has 2 nitrogen and oxygen atoms in total. The normalized spacial score (nSPS) is 17.4. The Bertz CT molecular complexity index is 379. The largest absolute Gasteiger partial charge is 0.337 e. The van der Waals surface area contributed by atoms with Crippen molar-refractivity contribution in [3.05, 3.63) is 17.7 Å². The van der Waals surface area contributed by atoms with Gasteiger partial charge in [0.1, 0.15) is 11.5 Å². The van der Waals surface area contributed by atoms with Gasteiger partial charge in [0.05, 0.1) is 0 Å². The van der Waals surface area contributed by atoms with Crippen molar-refractivity contribution in [3.8, 4) is 0 Å². The molecule has 80 valence electrons. The number of imidazole rings is 1. The second kappa shape index (κ2) is 3.04. The van der Waals surface area contributed by atoms with Crippen LogP contribution in [0.5, 0.6) is 0 Å². The minimum Gasteiger partial charge on any atom is -0.337 e. The first kappa shape index (κ1) is 7.37. The summed E-state index contributed by atoms with van der Waals surface area (Å²) in [7, 11) is 0. The topological polar surface area (TPSA) is 17.8 Å². The summed E-state index contributed by atoms with van der Waals surface area (Å²) >= 11 is 0. The predicted octanol–water partition coefficient (Wildman–Crippen LogP) is 2.83. The summed E-state index contributed by atoms with van der Waals surface area (Å²) in [5.74, 6) is -3.01. The molecule has 1 heterocycles. The molecule has 0 saturated carbocycles. The summed E-state index contributed by atoms with van der Waals surface area (Å²) in [5, 5.41) is 0. The van der Waals surface area contributed by atoms with Crippen molar-refractivity contribution >= 4 is 0 Å². The molecule has 0 amide bonds. The van der Waals surface area contributed by atoms with Crippen molar-refractivity contribution < 1.29 is 12.9 Å². The second-order valence-corrected chi connectivity index (χ2v) is 4.46. The van der Waals surface area contributed by atoms with Crippen LogP contribution in [0, 0.1) is 0 Å². The summed E-state index contributed by atoms with van der Waals surface area (Å²) in [5.41, 5.74) is -1.13. The molecule has 0 fully saturated rings. The zero-order valence-corrected chi connectivity index (χ0v) is 8.73. The first-order valence-electron chi connectivity index (χ1n) is 5.82. The highest BCUT2D eigenvalue weighted by Crippen LogP contribution is 2.29. The van der Waals surface area contributed by atoms with E-state index in [1.165, 1.54) is 0 Å². The third kappa shape index (κ3) is 2.11. The Morgan fingerprint density at radius 1 is 1.36 bits per heavy atom. The molecule has 0 aliphatic heterocycles. The molecule has 0 aliphatic carbocycles. The first-order chi connectivity index (χ1) is 7.33. The second-order valence-electron chi connectivity index (χ2n) is 4.46. The van der Waals surface area contributed by atoms with Gasteiger partial charge in [-0.05, 0) is 0 Å². The maximum atomic E-state index is 13.2. The highest BCUT2D eigenvalue weighted by molar-refractivity contribution is 5.14. The van der Waals surface area contributed by atoms with Gasteiger partial charge in [-0.2, -0.15) is 8.78 Å². The fourth-order valence-corrected chi connectivity index (χ4v) is 1.12. The highest BCUT2D eigenvalue weighted by Gasteiger charge is 2.30. The zero-order valence-electron chi connectivity index (χ0n) is 11.7. The van der Waals surface area contributed by atoms with Crippen LogP contribution < -0.4 is 0 Å². The number of halogens is 2. The van der Waals surface area contributed by atoms with Gasteiger partial charge in [-0.15, -0.1) is 0 Å². The molecule has 0 atom stereocenters. The molecule has 0 saturated heterocycles. The van der Waals surface area contributed by atoms with Crippen LogP contribution in [-0.4, -0.2) is 9.55 Å². The molecular weight excluding hydrogens is 186 g/mol. The van der Waals surface area contributed by atoms with E-state index in [1.807, 2.05) is 0 Å². The SMILES string of the molecule is [2H]C([2H])([2H])n1cc(C(C)(F)F)nc1C(C)(C)C. The Balaban J connectivity index is 3.44. The molecule has 4 heteroatoms. The maximum absolute atomic E-state index is 13.2. The smallest absolute Gasteiger partial charge is 0.288 e. The molecule has 0 aliphatic rings. The average molecular weight is 205 g/mol. The lowest BCUT2D eigenvalue weighted by molar-refractivity contribution is 0.0129. The number of alkyl halides is 2. The molecule has 1 aromatic rings. The lowest BCUT2D eigenvalue weighted by atomic mass is 9.96. The van der Waals surface area contributed by atoms with Crippen molar-refractivity contribution in [2.75, 3.05) is 0 Å². The molecule has 1 aromatic heterocycles. The quantitative estimate of drug-likeness (QED) is 0.689. The van der Waals surface area contributed by atoms with E-state index in [1.54, 1.807) is 20.8 Å². The van der Waals surface area contributed by atoms with Gasteiger partial charge in [0.2, 0.25) is 0 Å². The van der Waals surface area contributed by atoms with E-state index in [-0.39, 0.29) is 5.82 Å². The lowest BCUT2D eigenvalue weighted by Gasteiger charge is -2.17. The van der Waals surface area contributed by atoms with Crippen LogP contribution in [0.4, 0.5) is 8.78 Å². The fourth-order valence-electron chi connectivity index (χ4n) is 1.12. The van der Waals surface area contributed by atoms with E-state index in [4.69, 9.17) is 4.11 Å². The third-order valence-corrected chi connectivity index (χ3v) is 1.83.